The van der Waals surface area contributed by atoms with Gasteiger partial charge >= 0.3 is 5.97 Å². The minimum atomic E-state index is -0.397. The second kappa shape index (κ2) is 7.60. The Kier molecular flexibility index (Phi) is 5.44. The number of hydrogen-bond donors (Lipinski definition) is 0. The van der Waals surface area contributed by atoms with Crippen LogP contribution in [0.3, 0.4) is 0 Å². The normalized spacial score (nSPS) is 11.3. The zero-order valence-corrected chi connectivity index (χ0v) is 16.4. The molecule has 0 radical (unpaired) electrons. The van der Waals surface area contributed by atoms with Gasteiger partial charge in [-0.25, -0.2) is 4.98 Å². The molecule has 3 aromatic rings. The van der Waals surface area contributed by atoms with Crippen molar-refractivity contribution in [2.45, 2.75) is 39.7 Å². The van der Waals surface area contributed by atoms with Crippen LogP contribution in [0, 0.1) is 6.92 Å². The molecular formula is C19H19ClN2O3S. The van der Waals surface area contributed by atoms with Crippen molar-refractivity contribution in [3.63, 3.8) is 0 Å². The highest BCUT2D eigenvalue weighted by Crippen LogP contribution is 2.32. The van der Waals surface area contributed by atoms with E-state index in [0.717, 1.165) is 11.1 Å². The third-order valence-electron chi connectivity index (χ3n) is 4.14. The van der Waals surface area contributed by atoms with Crippen molar-refractivity contribution in [3.8, 4) is 5.75 Å². The van der Waals surface area contributed by atoms with E-state index in [1.807, 2.05) is 32.2 Å². The van der Waals surface area contributed by atoms with Gasteiger partial charge in [0.15, 0.2) is 0 Å². The van der Waals surface area contributed by atoms with Gasteiger partial charge in [-0.3, -0.25) is 14.2 Å². The maximum absolute atomic E-state index is 12.3. The summed E-state index contributed by atoms with van der Waals surface area (Å²) in [5, 5.41) is 3.05. The van der Waals surface area contributed by atoms with E-state index in [1.54, 1.807) is 12.1 Å². The zero-order valence-electron chi connectivity index (χ0n) is 14.8. The summed E-state index contributed by atoms with van der Waals surface area (Å²) in [6.07, 6.45) is 1.55. The highest BCUT2D eigenvalue weighted by atomic mass is 35.5. The second-order valence-electron chi connectivity index (χ2n) is 6.40. The smallest absolute Gasteiger partial charge is 0.313 e. The first kappa shape index (κ1) is 18.6. The number of aromatic nitrogens is 2. The summed E-state index contributed by atoms with van der Waals surface area (Å²) in [5.74, 6) is 0.292. The zero-order chi connectivity index (χ0) is 18.8. The Morgan fingerprint density at radius 1 is 1.38 bits per heavy atom. The summed E-state index contributed by atoms with van der Waals surface area (Å²) in [7, 11) is 0. The van der Waals surface area contributed by atoms with Gasteiger partial charge in [0.25, 0.3) is 5.56 Å². The van der Waals surface area contributed by atoms with Crippen molar-refractivity contribution in [1.82, 2.24) is 9.55 Å². The molecule has 0 atom stereocenters. The van der Waals surface area contributed by atoms with Gasteiger partial charge in [0, 0.05) is 11.6 Å². The summed E-state index contributed by atoms with van der Waals surface area (Å²) in [5.41, 5.74) is 1.59. The number of rotatable bonds is 5. The summed E-state index contributed by atoms with van der Waals surface area (Å²) in [4.78, 5) is 29.6. The van der Waals surface area contributed by atoms with Gasteiger partial charge in [-0.15, -0.1) is 11.3 Å². The molecule has 0 fully saturated rings. The van der Waals surface area contributed by atoms with Crippen LogP contribution < -0.4 is 10.3 Å². The predicted molar refractivity (Wildman–Crippen MR) is 104 cm³/mol. The van der Waals surface area contributed by atoms with Gasteiger partial charge in [0.1, 0.15) is 10.6 Å². The Morgan fingerprint density at radius 2 is 2.15 bits per heavy atom. The van der Waals surface area contributed by atoms with E-state index < -0.39 is 5.97 Å². The SMILES string of the molecule is Cc1cc(OC(=O)CCn2cnc3sccc3c2=O)c(C(C)C)cc1Cl. The molecule has 2 aromatic heterocycles. The van der Waals surface area contributed by atoms with Gasteiger partial charge in [-0.2, -0.15) is 0 Å². The quantitative estimate of drug-likeness (QED) is 0.474. The lowest BCUT2D eigenvalue weighted by Crippen LogP contribution is -2.22. The second-order valence-corrected chi connectivity index (χ2v) is 7.70. The van der Waals surface area contributed by atoms with Crippen LogP contribution in [0.15, 0.2) is 34.7 Å². The monoisotopic (exact) mass is 390 g/mol. The highest BCUT2D eigenvalue weighted by Gasteiger charge is 2.15. The molecule has 0 spiro atoms. The van der Waals surface area contributed by atoms with E-state index in [2.05, 4.69) is 4.98 Å². The Labute approximate surface area is 160 Å². The Balaban J connectivity index is 1.74. The van der Waals surface area contributed by atoms with Crippen LogP contribution in [0.2, 0.25) is 5.02 Å². The lowest BCUT2D eigenvalue weighted by molar-refractivity contribution is -0.134. The molecule has 0 N–H and O–H groups in total. The average molecular weight is 391 g/mol. The van der Waals surface area contributed by atoms with E-state index in [0.29, 0.717) is 21.0 Å². The number of ether oxygens (including phenoxy) is 1. The fourth-order valence-electron chi connectivity index (χ4n) is 2.65. The van der Waals surface area contributed by atoms with Crippen LogP contribution >= 0.6 is 22.9 Å². The molecule has 7 heteroatoms. The third-order valence-corrected chi connectivity index (χ3v) is 5.37. The van der Waals surface area contributed by atoms with Gasteiger partial charge < -0.3 is 4.74 Å². The molecule has 5 nitrogen and oxygen atoms in total. The summed E-state index contributed by atoms with van der Waals surface area (Å²) >= 11 is 7.59. The number of halogens is 1. The van der Waals surface area contributed by atoms with Crippen molar-refractivity contribution in [2.24, 2.45) is 0 Å². The van der Waals surface area contributed by atoms with Gasteiger partial charge in [-0.05, 0) is 47.5 Å². The minimum Gasteiger partial charge on any atom is -0.426 e. The number of carbonyl (C=O) groups excluding carboxylic acids is 1. The Hall–Kier alpha value is -2.18. The fraction of sp³-hybridized carbons (Fsp3) is 0.316. The number of hydrogen-bond acceptors (Lipinski definition) is 5. The lowest BCUT2D eigenvalue weighted by atomic mass is 10.0. The Bertz CT molecular complexity index is 1020. The number of nitrogens with zero attached hydrogens (tertiary/aromatic N) is 2. The molecule has 0 amide bonds. The topological polar surface area (TPSA) is 61.2 Å². The molecule has 0 aliphatic rings. The van der Waals surface area contributed by atoms with Crippen LogP contribution in [0.25, 0.3) is 10.2 Å². The summed E-state index contributed by atoms with van der Waals surface area (Å²) in [6, 6.07) is 5.36. The number of carbonyl (C=O) groups is 1. The molecule has 0 bridgehead atoms. The Morgan fingerprint density at radius 3 is 2.88 bits per heavy atom. The first-order valence-electron chi connectivity index (χ1n) is 8.30. The van der Waals surface area contributed by atoms with Crippen LogP contribution in [0.1, 0.15) is 37.3 Å². The van der Waals surface area contributed by atoms with Gasteiger partial charge in [0.05, 0.1) is 18.1 Å². The maximum Gasteiger partial charge on any atom is 0.313 e. The van der Waals surface area contributed by atoms with Crippen molar-refractivity contribution in [1.29, 1.82) is 0 Å². The highest BCUT2D eigenvalue weighted by molar-refractivity contribution is 7.16. The van der Waals surface area contributed by atoms with E-state index in [-0.39, 0.29) is 24.4 Å². The van der Waals surface area contributed by atoms with Crippen LogP contribution in [-0.4, -0.2) is 15.5 Å². The average Bonchev–Trinajstić information content (AvgIpc) is 3.06. The molecule has 136 valence electrons. The van der Waals surface area contributed by atoms with Crippen molar-refractivity contribution in [2.75, 3.05) is 0 Å². The molecule has 0 aliphatic heterocycles. The molecule has 3 rings (SSSR count). The fourth-order valence-corrected chi connectivity index (χ4v) is 3.54. The van der Waals surface area contributed by atoms with Crippen molar-refractivity contribution < 1.29 is 9.53 Å². The minimum absolute atomic E-state index is 0.0798. The van der Waals surface area contributed by atoms with Crippen LogP contribution in [0.4, 0.5) is 0 Å². The lowest BCUT2D eigenvalue weighted by Gasteiger charge is -2.15. The van der Waals surface area contributed by atoms with E-state index in [1.165, 1.54) is 22.2 Å². The molecule has 0 unspecified atom stereocenters. The van der Waals surface area contributed by atoms with E-state index in [9.17, 15) is 9.59 Å². The number of aryl methyl sites for hydroxylation is 2. The predicted octanol–water partition coefficient (Wildman–Crippen LogP) is 4.54. The number of thiophene rings is 1. The maximum atomic E-state index is 12.3. The largest absolute Gasteiger partial charge is 0.426 e. The van der Waals surface area contributed by atoms with Crippen LogP contribution in [-0.2, 0) is 11.3 Å². The number of fused-ring (bicyclic) bond motifs is 1. The van der Waals surface area contributed by atoms with Gasteiger partial charge in [0.2, 0.25) is 0 Å². The molecule has 0 saturated carbocycles. The molecule has 1 aromatic carbocycles. The molecule has 0 saturated heterocycles. The molecule has 0 aliphatic carbocycles. The van der Waals surface area contributed by atoms with Gasteiger partial charge in [-0.1, -0.05) is 25.4 Å². The first-order chi connectivity index (χ1) is 12.4. The van der Waals surface area contributed by atoms with E-state index >= 15 is 0 Å². The number of benzene rings is 1. The molecule has 26 heavy (non-hydrogen) atoms. The summed E-state index contributed by atoms with van der Waals surface area (Å²) in [6.45, 7) is 6.12. The molecule has 2 heterocycles. The van der Waals surface area contributed by atoms with E-state index in [4.69, 9.17) is 16.3 Å². The molecular weight excluding hydrogens is 372 g/mol. The van der Waals surface area contributed by atoms with Crippen LogP contribution in [0.5, 0.6) is 5.75 Å². The van der Waals surface area contributed by atoms with Crippen molar-refractivity contribution >= 4 is 39.1 Å². The summed E-state index contributed by atoms with van der Waals surface area (Å²) < 4.78 is 6.98. The first-order valence-corrected chi connectivity index (χ1v) is 9.56. The number of esters is 1. The van der Waals surface area contributed by atoms with Crippen molar-refractivity contribution in [3.05, 3.63) is 56.4 Å². The standard InChI is InChI=1S/C19H19ClN2O3S/c1-11(2)14-9-15(20)12(3)8-16(14)25-17(23)4-6-22-10-21-18-13(19(22)24)5-7-26-18/h5,7-11H,4,6H2,1-3H3. The third kappa shape index (κ3) is 3.81.